The molecule has 1 aromatic rings. The molecule has 0 heterocycles. The second kappa shape index (κ2) is 6.17. The van der Waals surface area contributed by atoms with Crippen LogP contribution in [0, 0.1) is 17.0 Å². The lowest BCUT2D eigenvalue weighted by atomic mass is 9.93. The maximum absolute atomic E-state index is 11.9. The van der Waals surface area contributed by atoms with Crippen molar-refractivity contribution in [2.75, 3.05) is 7.11 Å². The Morgan fingerprint density at radius 3 is 2.36 bits per heavy atom. The SMILES string of the molecule is COC(=O)c1c([N+](=O)[O-])ccc(CC(C)(C)[Si](C)(C)O)c1C. The van der Waals surface area contributed by atoms with Crippen molar-refractivity contribution in [2.24, 2.45) is 0 Å². The number of hydrogen-bond donors (Lipinski definition) is 1. The van der Waals surface area contributed by atoms with Crippen LogP contribution in [0.15, 0.2) is 12.1 Å². The third kappa shape index (κ3) is 3.53. The Labute approximate surface area is 131 Å². The van der Waals surface area contributed by atoms with Crippen molar-refractivity contribution in [1.82, 2.24) is 0 Å². The van der Waals surface area contributed by atoms with Gasteiger partial charge in [0.25, 0.3) is 5.69 Å². The van der Waals surface area contributed by atoms with Crippen molar-refractivity contribution in [3.8, 4) is 0 Å². The van der Waals surface area contributed by atoms with E-state index in [1.54, 1.807) is 13.0 Å². The molecule has 1 aromatic carbocycles. The number of nitrogens with zero attached hydrogens (tertiary/aromatic N) is 1. The van der Waals surface area contributed by atoms with Gasteiger partial charge in [-0.25, -0.2) is 4.79 Å². The monoisotopic (exact) mass is 325 g/mol. The molecule has 0 saturated heterocycles. The third-order valence-corrected chi connectivity index (χ3v) is 7.92. The Morgan fingerprint density at radius 2 is 1.95 bits per heavy atom. The van der Waals surface area contributed by atoms with Crippen LogP contribution in [0.25, 0.3) is 0 Å². The van der Waals surface area contributed by atoms with Gasteiger partial charge >= 0.3 is 5.97 Å². The van der Waals surface area contributed by atoms with Crippen LogP contribution in [-0.4, -0.2) is 31.1 Å². The van der Waals surface area contributed by atoms with Crippen LogP contribution < -0.4 is 0 Å². The average Bonchev–Trinajstić information content (AvgIpc) is 2.38. The standard InChI is InChI=1S/C15H23NO5Si/c1-10-11(9-15(2,3)22(5,6)20)7-8-12(16(18)19)13(10)14(17)21-4/h7-8,20H,9H2,1-6H3. The van der Waals surface area contributed by atoms with E-state index in [0.717, 1.165) is 5.56 Å². The largest absolute Gasteiger partial charge is 0.465 e. The predicted molar refractivity (Wildman–Crippen MR) is 86.6 cm³/mol. The second-order valence-electron chi connectivity index (χ2n) is 6.61. The molecule has 0 radical (unpaired) electrons. The maximum atomic E-state index is 11.9. The molecule has 1 rings (SSSR count). The fraction of sp³-hybridized carbons (Fsp3) is 0.533. The number of carbonyl (C=O) groups is 1. The molecule has 0 spiro atoms. The maximum Gasteiger partial charge on any atom is 0.345 e. The highest BCUT2D eigenvalue weighted by molar-refractivity contribution is 6.72. The fourth-order valence-corrected chi connectivity index (χ4v) is 2.76. The molecule has 0 aromatic heterocycles. The van der Waals surface area contributed by atoms with Gasteiger partial charge in [-0.1, -0.05) is 19.9 Å². The van der Waals surface area contributed by atoms with Gasteiger partial charge in [-0.05, 0) is 42.6 Å². The Bertz CT molecular complexity index is 605. The van der Waals surface area contributed by atoms with Gasteiger partial charge in [-0.15, -0.1) is 0 Å². The van der Waals surface area contributed by atoms with Crippen LogP contribution in [0.5, 0.6) is 0 Å². The number of rotatable bonds is 5. The Morgan fingerprint density at radius 1 is 1.41 bits per heavy atom. The van der Waals surface area contributed by atoms with Gasteiger partial charge in [0.1, 0.15) is 5.56 Å². The number of ether oxygens (including phenoxy) is 1. The van der Waals surface area contributed by atoms with E-state index in [1.807, 2.05) is 26.9 Å². The number of hydrogen-bond acceptors (Lipinski definition) is 5. The van der Waals surface area contributed by atoms with Crippen LogP contribution in [0.3, 0.4) is 0 Å². The molecule has 22 heavy (non-hydrogen) atoms. The Balaban J connectivity index is 3.42. The van der Waals surface area contributed by atoms with Crippen molar-refractivity contribution in [3.63, 3.8) is 0 Å². The van der Waals surface area contributed by atoms with Gasteiger partial charge in [0.05, 0.1) is 12.0 Å². The smallest absolute Gasteiger partial charge is 0.345 e. The summed E-state index contributed by atoms with van der Waals surface area (Å²) < 4.78 is 4.68. The molecule has 7 heteroatoms. The first-order valence-electron chi connectivity index (χ1n) is 7.00. The van der Waals surface area contributed by atoms with Crippen LogP contribution in [0.4, 0.5) is 5.69 Å². The highest BCUT2D eigenvalue weighted by atomic mass is 28.4. The lowest BCUT2D eigenvalue weighted by molar-refractivity contribution is -0.385. The number of nitro benzene ring substituents is 1. The molecule has 122 valence electrons. The topological polar surface area (TPSA) is 89.7 Å². The summed E-state index contributed by atoms with van der Waals surface area (Å²) in [5.41, 5.74) is 1.07. The lowest BCUT2D eigenvalue weighted by Crippen LogP contribution is -2.40. The average molecular weight is 325 g/mol. The molecule has 6 nitrogen and oxygen atoms in total. The van der Waals surface area contributed by atoms with Gasteiger partial charge in [0, 0.05) is 6.07 Å². The molecule has 0 fully saturated rings. The van der Waals surface area contributed by atoms with Crippen LogP contribution in [0.1, 0.15) is 35.3 Å². The molecule has 0 amide bonds. The quantitative estimate of drug-likeness (QED) is 0.388. The number of benzene rings is 1. The molecule has 0 aliphatic rings. The van der Waals surface area contributed by atoms with E-state index < -0.39 is 19.2 Å². The van der Waals surface area contributed by atoms with Crippen LogP contribution in [0.2, 0.25) is 18.1 Å². The summed E-state index contributed by atoms with van der Waals surface area (Å²) in [5.74, 6) is -0.718. The molecular weight excluding hydrogens is 302 g/mol. The number of esters is 1. The summed E-state index contributed by atoms with van der Waals surface area (Å²) in [7, 11) is -1.23. The molecule has 0 unspecified atom stereocenters. The molecule has 0 saturated carbocycles. The highest BCUT2D eigenvalue weighted by Gasteiger charge is 2.39. The summed E-state index contributed by atoms with van der Waals surface area (Å²) in [6.45, 7) is 9.33. The van der Waals surface area contributed by atoms with Gasteiger partial charge in [0.15, 0.2) is 8.32 Å². The summed E-state index contributed by atoms with van der Waals surface area (Å²) in [6.07, 6.45) is 0.538. The highest BCUT2D eigenvalue weighted by Crippen LogP contribution is 2.40. The van der Waals surface area contributed by atoms with Gasteiger partial charge in [0.2, 0.25) is 0 Å². The van der Waals surface area contributed by atoms with Crippen molar-refractivity contribution in [2.45, 2.75) is 45.3 Å². The minimum Gasteiger partial charge on any atom is -0.465 e. The van der Waals surface area contributed by atoms with Gasteiger partial charge in [-0.2, -0.15) is 0 Å². The predicted octanol–water partition coefficient (Wildman–Crippen LogP) is 3.21. The zero-order valence-corrected chi connectivity index (χ0v) is 14.9. The molecule has 0 atom stereocenters. The minimum atomic E-state index is -2.43. The van der Waals surface area contributed by atoms with Crippen molar-refractivity contribution < 1.29 is 19.3 Å². The van der Waals surface area contributed by atoms with E-state index in [1.165, 1.54) is 13.2 Å². The van der Waals surface area contributed by atoms with Gasteiger partial charge < -0.3 is 9.53 Å². The minimum absolute atomic E-state index is 0.0155. The Hall–Kier alpha value is -1.73. The normalized spacial score (nSPS) is 12.1. The van der Waals surface area contributed by atoms with Crippen molar-refractivity contribution >= 4 is 20.0 Å². The molecular formula is C15H23NO5Si. The molecule has 0 aliphatic heterocycles. The first-order valence-corrected chi connectivity index (χ1v) is 9.94. The van der Waals surface area contributed by atoms with E-state index in [2.05, 4.69) is 4.74 Å². The summed E-state index contributed by atoms with van der Waals surface area (Å²) >= 11 is 0. The molecule has 0 aliphatic carbocycles. The van der Waals surface area contributed by atoms with E-state index in [-0.39, 0.29) is 16.3 Å². The van der Waals surface area contributed by atoms with Crippen molar-refractivity contribution in [1.29, 1.82) is 0 Å². The zero-order chi connectivity index (χ0) is 17.3. The van der Waals surface area contributed by atoms with E-state index in [4.69, 9.17) is 0 Å². The molecule has 1 N–H and O–H groups in total. The van der Waals surface area contributed by atoms with Crippen LogP contribution in [-0.2, 0) is 11.2 Å². The summed E-state index contributed by atoms with van der Waals surface area (Å²) in [6, 6.07) is 2.98. The van der Waals surface area contributed by atoms with Gasteiger partial charge in [-0.3, -0.25) is 10.1 Å². The van der Waals surface area contributed by atoms with Crippen LogP contribution >= 0.6 is 0 Å². The van der Waals surface area contributed by atoms with E-state index >= 15 is 0 Å². The van der Waals surface area contributed by atoms with E-state index in [0.29, 0.717) is 12.0 Å². The molecule has 0 bridgehead atoms. The zero-order valence-electron chi connectivity index (χ0n) is 13.9. The number of nitro groups is 1. The summed E-state index contributed by atoms with van der Waals surface area (Å²) in [5, 5.41) is 10.8. The number of carbonyl (C=O) groups excluding carboxylic acids is 1. The van der Waals surface area contributed by atoms with E-state index in [9.17, 15) is 19.7 Å². The summed E-state index contributed by atoms with van der Waals surface area (Å²) in [4.78, 5) is 32.8. The lowest BCUT2D eigenvalue weighted by Gasteiger charge is -2.35. The second-order valence-corrected chi connectivity index (χ2v) is 11.1. The Kier molecular flexibility index (Phi) is 5.14. The fourth-order valence-electron chi connectivity index (χ4n) is 2.14. The third-order valence-electron chi connectivity index (χ3n) is 4.43. The first kappa shape index (κ1) is 18.3. The number of methoxy groups -OCH3 is 1. The first-order chi connectivity index (χ1) is 9.92. The van der Waals surface area contributed by atoms with Crippen molar-refractivity contribution in [3.05, 3.63) is 38.9 Å².